The molecule has 0 aliphatic carbocycles. The second kappa shape index (κ2) is 9.40. The van der Waals surface area contributed by atoms with E-state index in [9.17, 15) is 0 Å². The number of nitrogens with two attached hydrogens (primary N) is 2. The molecule has 0 aromatic heterocycles. The van der Waals surface area contributed by atoms with E-state index in [1.807, 2.05) is 0 Å². The first-order valence-electron chi connectivity index (χ1n) is 5.27. The van der Waals surface area contributed by atoms with Gasteiger partial charge in [0.05, 0.1) is 0 Å². The van der Waals surface area contributed by atoms with Crippen LogP contribution in [0.1, 0.15) is 38.5 Å². The van der Waals surface area contributed by atoms with E-state index in [1.54, 1.807) is 14.2 Å². The van der Waals surface area contributed by atoms with E-state index in [0.29, 0.717) is 0 Å². The molecule has 0 aromatic carbocycles. The topological polar surface area (TPSA) is 70.5 Å². The van der Waals surface area contributed by atoms with Crippen LogP contribution in [0.15, 0.2) is 0 Å². The van der Waals surface area contributed by atoms with Crippen molar-refractivity contribution in [2.45, 2.75) is 51.0 Å². The fraction of sp³-hybridized carbons (Fsp3) is 1.00. The van der Waals surface area contributed by atoms with Crippen LogP contribution >= 0.6 is 0 Å². The second-order valence-corrected chi connectivity index (χ2v) is 3.54. The molecule has 4 heteroatoms. The highest BCUT2D eigenvalue weighted by molar-refractivity contribution is 4.52. The van der Waals surface area contributed by atoms with Crippen LogP contribution in [0.3, 0.4) is 0 Å². The zero-order chi connectivity index (χ0) is 10.8. The van der Waals surface area contributed by atoms with Crippen molar-refractivity contribution in [2.75, 3.05) is 14.2 Å². The first-order valence-corrected chi connectivity index (χ1v) is 5.27. The largest absolute Gasteiger partial charge is 0.367 e. The van der Waals surface area contributed by atoms with Gasteiger partial charge in [-0.15, -0.1) is 0 Å². The maximum atomic E-state index is 5.60. The van der Waals surface area contributed by atoms with Crippen molar-refractivity contribution < 1.29 is 9.47 Å². The molecule has 2 atom stereocenters. The van der Waals surface area contributed by atoms with Crippen LogP contribution in [-0.2, 0) is 9.47 Å². The zero-order valence-corrected chi connectivity index (χ0v) is 9.37. The SMILES string of the molecule is COC(N)CCCCCCC(N)OC. The van der Waals surface area contributed by atoms with Gasteiger partial charge in [0.15, 0.2) is 0 Å². The number of rotatable bonds is 9. The van der Waals surface area contributed by atoms with Crippen molar-refractivity contribution in [3.63, 3.8) is 0 Å². The molecule has 0 aromatic rings. The van der Waals surface area contributed by atoms with E-state index in [0.717, 1.165) is 25.7 Å². The first kappa shape index (κ1) is 13.8. The summed E-state index contributed by atoms with van der Waals surface area (Å²) in [5.41, 5.74) is 11.2. The summed E-state index contributed by atoms with van der Waals surface area (Å²) in [6, 6.07) is 0. The summed E-state index contributed by atoms with van der Waals surface area (Å²) in [6.07, 6.45) is 6.29. The van der Waals surface area contributed by atoms with Gasteiger partial charge < -0.3 is 20.9 Å². The number of unbranched alkanes of at least 4 members (excludes halogenated alkanes) is 3. The third-order valence-corrected chi connectivity index (χ3v) is 2.33. The van der Waals surface area contributed by atoms with Crippen LogP contribution < -0.4 is 11.5 Å². The summed E-state index contributed by atoms with van der Waals surface area (Å²) in [4.78, 5) is 0. The van der Waals surface area contributed by atoms with Crippen LogP contribution in [0, 0.1) is 0 Å². The lowest BCUT2D eigenvalue weighted by atomic mass is 10.1. The summed E-state index contributed by atoms with van der Waals surface area (Å²) in [5, 5.41) is 0. The summed E-state index contributed by atoms with van der Waals surface area (Å²) in [7, 11) is 3.28. The van der Waals surface area contributed by atoms with Crippen LogP contribution in [0.4, 0.5) is 0 Å². The molecule has 0 radical (unpaired) electrons. The Bertz CT molecular complexity index is 109. The Balaban J connectivity index is 3.06. The first-order chi connectivity index (χ1) is 6.70. The third kappa shape index (κ3) is 8.44. The number of hydrogen-bond acceptors (Lipinski definition) is 4. The summed E-state index contributed by atoms with van der Waals surface area (Å²) < 4.78 is 9.90. The van der Waals surface area contributed by atoms with E-state index in [-0.39, 0.29) is 12.5 Å². The maximum absolute atomic E-state index is 5.60. The maximum Gasteiger partial charge on any atom is 0.105 e. The van der Waals surface area contributed by atoms with E-state index >= 15 is 0 Å². The number of ether oxygens (including phenoxy) is 2. The summed E-state index contributed by atoms with van der Waals surface area (Å²) >= 11 is 0. The van der Waals surface area contributed by atoms with Gasteiger partial charge in [0.2, 0.25) is 0 Å². The van der Waals surface area contributed by atoms with Gasteiger partial charge in [-0.3, -0.25) is 0 Å². The molecule has 0 saturated carbocycles. The van der Waals surface area contributed by atoms with E-state index < -0.39 is 0 Å². The molecule has 4 N–H and O–H groups in total. The Morgan fingerprint density at radius 3 is 1.43 bits per heavy atom. The Morgan fingerprint density at radius 2 is 1.14 bits per heavy atom. The van der Waals surface area contributed by atoms with Crippen molar-refractivity contribution in [3.05, 3.63) is 0 Å². The lowest BCUT2D eigenvalue weighted by Gasteiger charge is -2.10. The molecule has 0 fully saturated rings. The van der Waals surface area contributed by atoms with Gasteiger partial charge in [-0.1, -0.05) is 12.8 Å². The Kier molecular flexibility index (Phi) is 9.29. The van der Waals surface area contributed by atoms with Gasteiger partial charge in [-0.2, -0.15) is 0 Å². The molecule has 0 rings (SSSR count). The summed E-state index contributed by atoms with van der Waals surface area (Å²) in [5.74, 6) is 0. The normalized spacial score (nSPS) is 15.4. The molecular formula is C10H24N2O2. The highest BCUT2D eigenvalue weighted by Gasteiger charge is 2.00. The van der Waals surface area contributed by atoms with Crippen molar-refractivity contribution in [1.29, 1.82) is 0 Å². The minimum atomic E-state index is -0.101. The predicted molar refractivity (Wildman–Crippen MR) is 57.7 cm³/mol. The fourth-order valence-corrected chi connectivity index (χ4v) is 1.28. The highest BCUT2D eigenvalue weighted by Crippen LogP contribution is 2.08. The summed E-state index contributed by atoms with van der Waals surface area (Å²) in [6.45, 7) is 0. The standard InChI is InChI=1S/C10H24N2O2/c1-13-9(11)7-5-3-4-6-8-10(12)14-2/h9-10H,3-8,11-12H2,1-2H3. The van der Waals surface area contributed by atoms with Gasteiger partial charge in [0.1, 0.15) is 12.5 Å². The average molecular weight is 204 g/mol. The van der Waals surface area contributed by atoms with Crippen LogP contribution in [0.5, 0.6) is 0 Å². The van der Waals surface area contributed by atoms with E-state index in [4.69, 9.17) is 20.9 Å². The Morgan fingerprint density at radius 1 is 0.786 bits per heavy atom. The third-order valence-electron chi connectivity index (χ3n) is 2.33. The molecule has 0 aliphatic heterocycles. The highest BCUT2D eigenvalue weighted by atomic mass is 16.5. The molecule has 0 aliphatic rings. The predicted octanol–water partition coefficient (Wildman–Crippen LogP) is 1.19. The number of hydrogen-bond donors (Lipinski definition) is 2. The molecule has 0 spiro atoms. The molecule has 0 saturated heterocycles. The molecule has 14 heavy (non-hydrogen) atoms. The van der Waals surface area contributed by atoms with Crippen molar-refractivity contribution in [2.24, 2.45) is 11.5 Å². The molecule has 86 valence electrons. The zero-order valence-electron chi connectivity index (χ0n) is 9.37. The van der Waals surface area contributed by atoms with Crippen LogP contribution in [-0.4, -0.2) is 26.7 Å². The van der Waals surface area contributed by atoms with Crippen LogP contribution in [0.25, 0.3) is 0 Å². The Hall–Kier alpha value is -0.160. The number of methoxy groups -OCH3 is 2. The average Bonchev–Trinajstić information content (AvgIpc) is 2.22. The van der Waals surface area contributed by atoms with Crippen molar-refractivity contribution in [3.8, 4) is 0 Å². The molecule has 0 heterocycles. The van der Waals surface area contributed by atoms with E-state index in [2.05, 4.69) is 0 Å². The van der Waals surface area contributed by atoms with Gasteiger partial charge in [-0.25, -0.2) is 0 Å². The molecule has 0 amide bonds. The minimum absolute atomic E-state index is 0.101. The Labute approximate surface area is 86.9 Å². The lowest BCUT2D eigenvalue weighted by molar-refractivity contribution is 0.0947. The minimum Gasteiger partial charge on any atom is -0.367 e. The fourth-order valence-electron chi connectivity index (χ4n) is 1.28. The molecule has 2 unspecified atom stereocenters. The quantitative estimate of drug-likeness (QED) is 0.437. The van der Waals surface area contributed by atoms with Crippen LogP contribution in [0.2, 0.25) is 0 Å². The smallest absolute Gasteiger partial charge is 0.105 e. The van der Waals surface area contributed by atoms with Gasteiger partial charge in [0, 0.05) is 14.2 Å². The second-order valence-electron chi connectivity index (χ2n) is 3.54. The monoisotopic (exact) mass is 204 g/mol. The van der Waals surface area contributed by atoms with Crippen molar-refractivity contribution in [1.82, 2.24) is 0 Å². The van der Waals surface area contributed by atoms with Gasteiger partial charge in [0.25, 0.3) is 0 Å². The molecular weight excluding hydrogens is 180 g/mol. The van der Waals surface area contributed by atoms with Gasteiger partial charge >= 0.3 is 0 Å². The molecule has 0 bridgehead atoms. The van der Waals surface area contributed by atoms with Gasteiger partial charge in [-0.05, 0) is 25.7 Å². The lowest BCUT2D eigenvalue weighted by Crippen LogP contribution is -2.22. The molecule has 4 nitrogen and oxygen atoms in total. The van der Waals surface area contributed by atoms with E-state index in [1.165, 1.54) is 12.8 Å². The van der Waals surface area contributed by atoms with Crippen molar-refractivity contribution >= 4 is 0 Å².